The number of nitrogens with two attached hydrogens (primary N) is 1. The molecule has 0 radical (unpaired) electrons. The maximum atomic E-state index is 11.6. The van der Waals surface area contributed by atoms with Crippen LogP contribution in [0.3, 0.4) is 0 Å². The van der Waals surface area contributed by atoms with E-state index in [-0.39, 0.29) is 18.4 Å². The van der Waals surface area contributed by atoms with Gasteiger partial charge in [0.1, 0.15) is 5.52 Å². The molecule has 1 saturated heterocycles. The molecule has 7 heteroatoms. The van der Waals surface area contributed by atoms with Crippen LogP contribution in [0.15, 0.2) is 28.7 Å². The SMILES string of the molecule is NC(=O)NC(=O)CN1CCCC(c2nc3ccccc3o2)C1. The molecule has 1 aliphatic heterocycles. The summed E-state index contributed by atoms with van der Waals surface area (Å²) >= 11 is 0. The van der Waals surface area contributed by atoms with Gasteiger partial charge >= 0.3 is 6.03 Å². The number of urea groups is 1. The van der Waals surface area contributed by atoms with Crippen LogP contribution in [-0.4, -0.2) is 41.5 Å². The number of piperidine rings is 1. The highest BCUT2D eigenvalue weighted by molar-refractivity contribution is 5.94. The first-order valence-electron chi connectivity index (χ1n) is 7.29. The molecule has 0 saturated carbocycles. The molecular formula is C15H18N4O3. The number of likely N-dealkylation sites (tertiary alicyclic amines) is 1. The van der Waals surface area contributed by atoms with Crippen LogP contribution in [0.25, 0.3) is 11.1 Å². The molecule has 1 aromatic carbocycles. The molecule has 2 heterocycles. The number of carbonyl (C=O) groups excluding carboxylic acids is 2. The lowest BCUT2D eigenvalue weighted by molar-refractivity contribution is -0.121. The van der Waals surface area contributed by atoms with Gasteiger partial charge in [0.05, 0.1) is 6.54 Å². The first kappa shape index (κ1) is 14.5. The number of carbonyl (C=O) groups is 2. The third-order valence-electron chi connectivity index (χ3n) is 3.80. The highest BCUT2D eigenvalue weighted by Crippen LogP contribution is 2.28. The van der Waals surface area contributed by atoms with E-state index < -0.39 is 6.03 Å². The van der Waals surface area contributed by atoms with Crippen LogP contribution in [0, 0.1) is 0 Å². The Balaban J connectivity index is 1.67. The van der Waals surface area contributed by atoms with Crippen LogP contribution in [0.5, 0.6) is 0 Å². The van der Waals surface area contributed by atoms with Crippen molar-refractivity contribution in [3.63, 3.8) is 0 Å². The fourth-order valence-electron chi connectivity index (χ4n) is 2.85. The van der Waals surface area contributed by atoms with E-state index in [1.807, 2.05) is 29.2 Å². The zero-order chi connectivity index (χ0) is 15.5. The molecular weight excluding hydrogens is 284 g/mol. The highest BCUT2D eigenvalue weighted by atomic mass is 16.3. The Bertz CT molecular complexity index is 664. The van der Waals surface area contributed by atoms with E-state index in [0.29, 0.717) is 12.4 Å². The number of amides is 3. The Hall–Kier alpha value is -2.41. The maximum absolute atomic E-state index is 11.6. The maximum Gasteiger partial charge on any atom is 0.318 e. The Labute approximate surface area is 127 Å². The number of aromatic nitrogens is 1. The number of oxazole rings is 1. The average molecular weight is 302 g/mol. The summed E-state index contributed by atoms with van der Waals surface area (Å²) in [7, 11) is 0. The van der Waals surface area contributed by atoms with Gasteiger partial charge in [0.2, 0.25) is 5.91 Å². The fraction of sp³-hybridized carbons (Fsp3) is 0.400. The van der Waals surface area contributed by atoms with Crippen molar-refractivity contribution in [3.05, 3.63) is 30.2 Å². The van der Waals surface area contributed by atoms with Crippen molar-refractivity contribution in [2.75, 3.05) is 19.6 Å². The van der Waals surface area contributed by atoms with Gasteiger partial charge in [-0.3, -0.25) is 15.0 Å². The summed E-state index contributed by atoms with van der Waals surface area (Å²) in [6.07, 6.45) is 1.92. The molecule has 1 aliphatic rings. The lowest BCUT2D eigenvalue weighted by Crippen LogP contribution is -2.45. The normalized spacial score (nSPS) is 19.2. The number of hydrogen-bond acceptors (Lipinski definition) is 5. The number of para-hydroxylation sites is 2. The summed E-state index contributed by atoms with van der Waals surface area (Å²) in [5, 5.41) is 2.09. The number of nitrogens with zero attached hydrogens (tertiary/aromatic N) is 2. The van der Waals surface area contributed by atoms with Gasteiger partial charge < -0.3 is 10.2 Å². The van der Waals surface area contributed by atoms with Crippen molar-refractivity contribution >= 4 is 23.0 Å². The molecule has 3 rings (SSSR count). The molecule has 0 spiro atoms. The summed E-state index contributed by atoms with van der Waals surface area (Å²) < 4.78 is 5.81. The van der Waals surface area contributed by atoms with Gasteiger partial charge in [-0.2, -0.15) is 0 Å². The molecule has 0 aliphatic carbocycles. The lowest BCUT2D eigenvalue weighted by Gasteiger charge is -2.30. The zero-order valence-corrected chi connectivity index (χ0v) is 12.1. The quantitative estimate of drug-likeness (QED) is 0.887. The number of primary amides is 1. The van der Waals surface area contributed by atoms with Crippen LogP contribution in [0.2, 0.25) is 0 Å². The van der Waals surface area contributed by atoms with Gasteiger partial charge in [0.15, 0.2) is 11.5 Å². The van der Waals surface area contributed by atoms with Crippen molar-refractivity contribution in [1.29, 1.82) is 0 Å². The minimum atomic E-state index is -0.822. The summed E-state index contributed by atoms with van der Waals surface area (Å²) in [5.74, 6) is 0.481. The number of benzene rings is 1. The number of hydrogen-bond donors (Lipinski definition) is 2. The van der Waals surface area contributed by atoms with E-state index in [1.54, 1.807) is 0 Å². The first-order chi connectivity index (χ1) is 10.6. The van der Waals surface area contributed by atoms with E-state index in [2.05, 4.69) is 10.3 Å². The molecule has 1 fully saturated rings. The van der Waals surface area contributed by atoms with E-state index in [4.69, 9.17) is 10.2 Å². The van der Waals surface area contributed by atoms with E-state index in [0.717, 1.165) is 30.5 Å². The molecule has 7 nitrogen and oxygen atoms in total. The largest absolute Gasteiger partial charge is 0.440 e. The number of fused-ring (bicyclic) bond motifs is 1. The third kappa shape index (κ3) is 3.25. The molecule has 22 heavy (non-hydrogen) atoms. The Kier molecular flexibility index (Phi) is 4.06. The van der Waals surface area contributed by atoms with Crippen LogP contribution < -0.4 is 11.1 Å². The summed E-state index contributed by atoms with van der Waals surface area (Å²) in [4.78, 5) is 28.8. The molecule has 3 amide bonds. The minimum Gasteiger partial charge on any atom is -0.440 e. The van der Waals surface area contributed by atoms with Crippen LogP contribution >= 0.6 is 0 Å². The van der Waals surface area contributed by atoms with Gasteiger partial charge in [0, 0.05) is 12.5 Å². The van der Waals surface area contributed by atoms with Crippen molar-refractivity contribution in [2.45, 2.75) is 18.8 Å². The first-order valence-corrected chi connectivity index (χ1v) is 7.29. The molecule has 1 aromatic heterocycles. The second kappa shape index (κ2) is 6.15. The molecule has 0 bridgehead atoms. The average Bonchev–Trinajstić information content (AvgIpc) is 2.90. The van der Waals surface area contributed by atoms with Gasteiger partial charge in [-0.25, -0.2) is 9.78 Å². The lowest BCUT2D eigenvalue weighted by atomic mass is 9.98. The number of imide groups is 1. The monoisotopic (exact) mass is 302 g/mol. The third-order valence-corrected chi connectivity index (χ3v) is 3.80. The zero-order valence-electron chi connectivity index (χ0n) is 12.1. The van der Waals surface area contributed by atoms with Crippen LogP contribution in [0.4, 0.5) is 4.79 Å². The van der Waals surface area contributed by atoms with Gasteiger partial charge in [-0.1, -0.05) is 12.1 Å². The topological polar surface area (TPSA) is 101 Å². The molecule has 1 unspecified atom stereocenters. The van der Waals surface area contributed by atoms with Crippen molar-refractivity contribution in [3.8, 4) is 0 Å². The second-order valence-corrected chi connectivity index (χ2v) is 5.51. The molecule has 3 N–H and O–H groups in total. The number of rotatable bonds is 3. The van der Waals surface area contributed by atoms with E-state index >= 15 is 0 Å². The van der Waals surface area contributed by atoms with Gasteiger partial charge in [-0.15, -0.1) is 0 Å². The minimum absolute atomic E-state index is 0.152. The summed E-state index contributed by atoms with van der Waals surface area (Å²) in [6, 6.07) is 6.84. The molecule has 1 atom stereocenters. The summed E-state index contributed by atoms with van der Waals surface area (Å²) in [5.41, 5.74) is 6.57. The standard InChI is InChI=1S/C15H18N4O3/c16-15(21)18-13(20)9-19-7-3-4-10(8-19)14-17-11-5-1-2-6-12(11)22-14/h1-2,5-6,10H,3-4,7-9H2,(H3,16,18,20,21). The predicted octanol–water partition coefficient (Wildman–Crippen LogP) is 1.20. The van der Waals surface area contributed by atoms with Crippen molar-refractivity contribution in [2.24, 2.45) is 5.73 Å². The smallest absolute Gasteiger partial charge is 0.318 e. The second-order valence-electron chi connectivity index (χ2n) is 5.51. The Morgan fingerprint density at radius 1 is 1.41 bits per heavy atom. The van der Waals surface area contributed by atoms with E-state index in [9.17, 15) is 9.59 Å². The van der Waals surface area contributed by atoms with Crippen molar-refractivity contribution < 1.29 is 14.0 Å². The van der Waals surface area contributed by atoms with Crippen LogP contribution in [0.1, 0.15) is 24.7 Å². The fourth-order valence-corrected chi connectivity index (χ4v) is 2.85. The predicted molar refractivity (Wildman–Crippen MR) is 80.2 cm³/mol. The summed E-state index contributed by atoms with van der Waals surface area (Å²) in [6.45, 7) is 1.64. The van der Waals surface area contributed by atoms with Gasteiger partial charge in [-0.05, 0) is 31.5 Å². The Morgan fingerprint density at radius 2 is 2.23 bits per heavy atom. The van der Waals surface area contributed by atoms with E-state index in [1.165, 1.54) is 0 Å². The Morgan fingerprint density at radius 3 is 3.00 bits per heavy atom. The van der Waals surface area contributed by atoms with Gasteiger partial charge in [0.25, 0.3) is 0 Å². The van der Waals surface area contributed by atoms with Crippen molar-refractivity contribution in [1.82, 2.24) is 15.2 Å². The highest BCUT2D eigenvalue weighted by Gasteiger charge is 2.26. The molecule has 2 aromatic rings. The molecule has 116 valence electrons. The van der Waals surface area contributed by atoms with Crippen LogP contribution in [-0.2, 0) is 4.79 Å². The number of nitrogens with one attached hydrogen (secondary N) is 1.